The molecule has 4 heterocycles. The minimum atomic E-state index is 0.721. The van der Waals surface area contributed by atoms with Crippen LogP contribution in [0.3, 0.4) is 0 Å². The molecule has 2 saturated heterocycles. The number of thioether (sulfide) groups is 1. The van der Waals surface area contributed by atoms with Crippen LogP contribution in [0, 0.1) is 6.92 Å². The van der Waals surface area contributed by atoms with Crippen LogP contribution >= 0.6 is 23.4 Å². The molecular weight excluding hydrogens is 416 g/mol. The number of piperazine rings is 1. The minimum Gasteiger partial charge on any atom is -0.367 e. The molecule has 3 aromatic rings. The summed E-state index contributed by atoms with van der Waals surface area (Å²) in [4.78, 5) is 21.2. The maximum absolute atomic E-state index is 6.15. The van der Waals surface area contributed by atoms with Crippen molar-refractivity contribution in [2.24, 2.45) is 0 Å². The average Bonchev–Trinajstić information content (AvgIpc) is 2.79. The van der Waals surface area contributed by atoms with Gasteiger partial charge in [-0.1, -0.05) is 11.6 Å². The summed E-state index contributed by atoms with van der Waals surface area (Å²) in [6.45, 7) is 7.88. The van der Waals surface area contributed by atoms with Gasteiger partial charge in [-0.05, 0) is 31.2 Å². The Kier molecular flexibility index (Phi) is 5.56. The normalized spacial score (nSPS) is 17.6. The van der Waals surface area contributed by atoms with E-state index in [1.165, 1.54) is 5.69 Å². The standard InChI is InChI=1S/C22H25ClN6S/c1-16-14-21(26-22(25-16)29-10-12-30-13-11-29)28-8-6-27(7-9-28)20-4-5-24-19-15-17(23)2-3-18(19)20/h2-5,14-15H,6-13H2,1H3. The second kappa shape index (κ2) is 8.47. The van der Waals surface area contributed by atoms with Gasteiger partial charge >= 0.3 is 0 Å². The number of nitrogens with zero attached hydrogens (tertiary/aromatic N) is 6. The molecule has 0 radical (unpaired) electrons. The number of hydrogen-bond donors (Lipinski definition) is 0. The lowest BCUT2D eigenvalue weighted by atomic mass is 10.1. The summed E-state index contributed by atoms with van der Waals surface area (Å²) < 4.78 is 0. The van der Waals surface area contributed by atoms with E-state index in [-0.39, 0.29) is 0 Å². The number of pyridine rings is 1. The summed E-state index contributed by atoms with van der Waals surface area (Å²) in [5.41, 5.74) is 3.20. The van der Waals surface area contributed by atoms with Gasteiger partial charge in [0.15, 0.2) is 0 Å². The molecule has 5 rings (SSSR count). The molecule has 156 valence electrons. The SMILES string of the molecule is Cc1cc(N2CCN(c3ccnc4cc(Cl)ccc34)CC2)nc(N2CCSCC2)n1. The molecule has 8 heteroatoms. The van der Waals surface area contributed by atoms with Crippen LogP contribution in [-0.2, 0) is 0 Å². The zero-order valence-electron chi connectivity index (χ0n) is 17.1. The predicted octanol–water partition coefficient (Wildman–Crippen LogP) is 3.87. The number of fused-ring (bicyclic) bond motifs is 1. The highest BCUT2D eigenvalue weighted by Crippen LogP contribution is 2.29. The zero-order chi connectivity index (χ0) is 20.5. The number of anilines is 3. The molecule has 0 N–H and O–H groups in total. The Balaban J connectivity index is 1.33. The van der Waals surface area contributed by atoms with Gasteiger partial charge in [-0.2, -0.15) is 16.7 Å². The van der Waals surface area contributed by atoms with Gasteiger partial charge in [0, 0.05) is 84.8 Å². The maximum atomic E-state index is 6.15. The summed E-state index contributed by atoms with van der Waals surface area (Å²) in [6.07, 6.45) is 1.87. The molecule has 0 spiro atoms. The van der Waals surface area contributed by atoms with Gasteiger partial charge in [0.05, 0.1) is 5.52 Å². The molecule has 2 aliphatic rings. The fraction of sp³-hybridized carbons (Fsp3) is 0.409. The van der Waals surface area contributed by atoms with Crippen LogP contribution < -0.4 is 14.7 Å². The van der Waals surface area contributed by atoms with E-state index < -0.39 is 0 Å². The fourth-order valence-electron chi connectivity index (χ4n) is 4.16. The van der Waals surface area contributed by atoms with Crippen LogP contribution in [-0.4, -0.2) is 65.7 Å². The highest BCUT2D eigenvalue weighted by molar-refractivity contribution is 7.99. The van der Waals surface area contributed by atoms with Gasteiger partial charge in [-0.15, -0.1) is 0 Å². The Morgan fingerprint density at radius 3 is 2.43 bits per heavy atom. The fourth-order valence-corrected chi connectivity index (χ4v) is 5.23. The summed E-state index contributed by atoms with van der Waals surface area (Å²) in [5.74, 6) is 4.22. The van der Waals surface area contributed by atoms with Crippen LogP contribution in [0.15, 0.2) is 36.5 Å². The van der Waals surface area contributed by atoms with Crippen molar-refractivity contribution in [2.45, 2.75) is 6.92 Å². The van der Waals surface area contributed by atoms with Crippen LogP contribution in [0.2, 0.25) is 5.02 Å². The quantitative estimate of drug-likeness (QED) is 0.612. The number of aryl methyl sites for hydroxylation is 1. The van der Waals surface area contributed by atoms with E-state index >= 15 is 0 Å². The molecule has 6 nitrogen and oxygen atoms in total. The van der Waals surface area contributed by atoms with Crippen molar-refractivity contribution in [3.8, 4) is 0 Å². The van der Waals surface area contributed by atoms with E-state index in [9.17, 15) is 0 Å². The van der Waals surface area contributed by atoms with Crippen molar-refractivity contribution in [2.75, 3.05) is 65.5 Å². The lowest BCUT2D eigenvalue weighted by Crippen LogP contribution is -2.47. The largest absolute Gasteiger partial charge is 0.367 e. The molecule has 0 bridgehead atoms. The summed E-state index contributed by atoms with van der Waals surface area (Å²) in [6, 6.07) is 10.2. The van der Waals surface area contributed by atoms with E-state index in [0.717, 1.165) is 84.2 Å². The molecular formula is C22H25ClN6S. The molecule has 2 aliphatic heterocycles. The first kappa shape index (κ1) is 19.7. The second-order valence-electron chi connectivity index (χ2n) is 7.73. The molecule has 0 saturated carbocycles. The van der Waals surface area contributed by atoms with Gasteiger partial charge in [0.1, 0.15) is 5.82 Å². The summed E-state index contributed by atoms with van der Waals surface area (Å²) >= 11 is 8.15. The lowest BCUT2D eigenvalue weighted by Gasteiger charge is -2.37. The predicted molar refractivity (Wildman–Crippen MR) is 127 cm³/mol. The highest BCUT2D eigenvalue weighted by Gasteiger charge is 2.22. The Morgan fingerprint density at radius 1 is 0.867 bits per heavy atom. The van der Waals surface area contributed by atoms with Crippen molar-refractivity contribution >= 4 is 51.7 Å². The maximum Gasteiger partial charge on any atom is 0.227 e. The van der Waals surface area contributed by atoms with Gasteiger partial charge in [0.25, 0.3) is 0 Å². The number of aromatic nitrogens is 3. The minimum absolute atomic E-state index is 0.721. The monoisotopic (exact) mass is 440 g/mol. The third-order valence-corrected chi connectivity index (χ3v) is 6.93. The number of rotatable bonds is 3. The van der Waals surface area contributed by atoms with E-state index in [4.69, 9.17) is 21.6 Å². The molecule has 2 aromatic heterocycles. The van der Waals surface area contributed by atoms with Crippen molar-refractivity contribution in [1.82, 2.24) is 15.0 Å². The molecule has 0 amide bonds. The van der Waals surface area contributed by atoms with E-state index in [0.29, 0.717) is 0 Å². The van der Waals surface area contributed by atoms with Crippen LogP contribution in [0.1, 0.15) is 5.69 Å². The van der Waals surface area contributed by atoms with Crippen molar-refractivity contribution < 1.29 is 0 Å². The van der Waals surface area contributed by atoms with E-state index in [1.807, 2.05) is 30.1 Å². The van der Waals surface area contributed by atoms with Crippen molar-refractivity contribution in [3.63, 3.8) is 0 Å². The topological polar surface area (TPSA) is 48.4 Å². The first-order valence-electron chi connectivity index (χ1n) is 10.4. The smallest absolute Gasteiger partial charge is 0.227 e. The second-order valence-corrected chi connectivity index (χ2v) is 9.39. The number of hydrogen-bond acceptors (Lipinski definition) is 7. The Hall–Kier alpha value is -2.25. The van der Waals surface area contributed by atoms with Crippen molar-refractivity contribution in [1.29, 1.82) is 0 Å². The van der Waals surface area contributed by atoms with Crippen molar-refractivity contribution in [3.05, 3.63) is 47.2 Å². The molecule has 1 aromatic carbocycles. The van der Waals surface area contributed by atoms with Crippen LogP contribution in [0.4, 0.5) is 17.5 Å². The molecule has 0 atom stereocenters. The van der Waals surface area contributed by atoms with Crippen LogP contribution in [0.25, 0.3) is 10.9 Å². The van der Waals surface area contributed by atoms with E-state index in [2.05, 4.69) is 44.8 Å². The van der Waals surface area contributed by atoms with Gasteiger partial charge in [-0.3, -0.25) is 4.98 Å². The molecule has 0 aliphatic carbocycles. The third-order valence-electron chi connectivity index (χ3n) is 5.75. The zero-order valence-corrected chi connectivity index (χ0v) is 18.7. The molecule has 0 unspecified atom stereocenters. The summed E-state index contributed by atoms with van der Waals surface area (Å²) in [5, 5.41) is 1.87. The van der Waals surface area contributed by atoms with Gasteiger partial charge < -0.3 is 14.7 Å². The Bertz CT molecular complexity index is 1050. The Labute approximate surface area is 186 Å². The van der Waals surface area contributed by atoms with Gasteiger partial charge in [-0.25, -0.2) is 4.98 Å². The van der Waals surface area contributed by atoms with E-state index in [1.54, 1.807) is 0 Å². The molecule has 2 fully saturated rings. The van der Waals surface area contributed by atoms with Crippen LogP contribution in [0.5, 0.6) is 0 Å². The summed E-state index contributed by atoms with van der Waals surface area (Å²) in [7, 11) is 0. The first-order valence-corrected chi connectivity index (χ1v) is 11.9. The highest BCUT2D eigenvalue weighted by atomic mass is 35.5. The average molecular weight is 441 g/mol. The first-order chi connectivity index (χ1) is 14.7. The third kappa shape index (κ3) is 4.01. The van der Waals surface area contributed by atoms with Gasteiger partial charge in [0.2, 0.25) is 5.95 Å². The number of halogens is 1. The number of benzene rings is 1. The lowest BCUT2D eigenvalue weighted by molar-refractivity contribution is 0.646. The molecule has 30 heavy (non-hydrogen) atoms. The Morgan fingerprint density at radius 2 is 1.63 bits per heavy atom.